The molecule has 0 saturated carbocycles. The molecular formula is C14H19ClO2. The highest BCUT2D eigenvalue weighted by Gasteiger charge is 2.07. The fourth-order valence-corrected chi connectivity index (χ4v) is 1.91. The van der Waals surface area contributed by atoms with Crippen molar-refractivity contribution in [3.8, 4) is 0 Å². The van der Waals surface area contributed by atoms with Gasteiger partial charge in [0.25, 0.3) is 0 Å². The minimum Gasteiger partial charge on any atom is -0.382 e. The fourth-order valence-electron chi connectivity index (χ4n) is 1.61. The molecule has 0 bridgehead atoms. The molecular weight excluding hydrogens is 236 g/mol. The van der Waals surface area contributed by atoms with E-state index in [1.54, 1.807) is 0 Å². The Morgan fingerprint density at radius 3 is 2.82 bits per heavy atom. The summed E-state index contributed by atoms with van der Waals surface area (Å²) < 4.78 is 5.20. The van der Waals surface area contributed by atoms with E-state index in [2.05, 4.69) is 0 Å². The number of benzene rings is 1. The van der Waals surface area contributed by atoms with Gasteiger partial charge < -0.3 is 4.74 Å². The lowest BCUT2D eigenvalue weighted by molar-refractivity contribution is -0.118. The third-order valence-electron chi connectivity index (χ3n) is 2.54. The summed E-state index contributed by atoms with van der Waals surface area (Å²) in [6.45, 7) is 5.30. The lowest BCUT2D eigenvalue weighted by atomic mass is 10.0. The smallest absolute Gasteiger partial charge is 0.137 e. The van der Waals surface area contributed by atoms with E-state index in [-0.39, 0.29) is 5.78 Å². The number of rotatable bonds is 7. The number of carbonyl (C=O) groups excluding carboxylic acids is 1. The van der Waals surface area contributed by atoms with Gasteiger partial charge >= 0.3 is 0 Å². The number of ether oxygens (including phenoxy) is 1. The van der Waals surface area contributed by atoms with Gasteiger partial charge in [0.1, 0.15) is 5.78 Å². The summed E-state index contributed by atoms with van der Waals surface area (Å²) in [6, 6.07) is 5.80. The second kappa shape index (κ2) is 7.46. The first-order valence-corrected chi connectivity index (χ1v) is 6.35. The van der Waals surface area contributed by atoms with Gasteiger partial charge in [0.15, 0.2) is 0 Å². The number of aryl methyl sites for hydroxylation is 1. The molecule has 1 rings (SSSR count). The predicted molar refractivity (Wildman–Crippen MR) is 70.6 cm³/mol. The summed E-state index contributed by atoms with van der Waals surface area (Å²) >= 11 is 6.08. The lowest BCUT2D eigenvalue weighted by Crippen LogP contribution is -2.05. The summed E-state index contributed by atoms with van der Waals surface area (Å²) in [5.41, 5.74) is 2.03. The van der Waals surface area contributed by atoms with Gasteiger partial charge in [-0.1, -0.05) is 23.7 Å². The van der Waals surface area contributed by atoms with Crippen molar-refractivity contribution < 1.29 is 9.53 Å². The largest absolute Gasteiger partial charge is 0.382 e. The molecule has 0 amide bonds. The molecule has 0 saturated heterocycles. The summed E-state index contributed by atoms with van der Waals surface area (Å²) in [6.07, 6.45) is 1.77. The summed E-state index contributed by atoms with van der Waals surface area (Å²) in [7, 11) is 0. The molecule has 1 aromatic rings. The summed E-state index contributed by atoms with van der Waals surface area (Å²) in [5.74, 6) is 0.218. The molecule has 0 spiro atoms. The van der Waals surface area contributed by atoms with E-state index in [9.17, 15) is 4.79 Å². The van der Waals surface area contributed by atoms with E-state index >= 15 is 0 Å². The molecule has 0 N–H and O–H groups in total. The molecule has 0 aliphatic heterocycles. The standard InChI is InChI=1S/C14H19ClO2/c1-3-17-8-4-5-13(16)10-12-7-6-11(2)9-14(12)15/h6-7,9H,3-5,8,10H2,1-2H3. The van der Waals surface area contributed by atoms with Gasteiger partial charge in [-0.2, -0.15) is 0 Å². The maximum Gasteiger partial charge on any atom is 0.137 e. The highest BCUT2D eigenvalue weighted by atomic mass is 35.5. The number of halogens is 1. The normalized spacial score (nSPS) is 10.5. The van der Waals surface area contributed by atoms with E-state index in [0.717, 1.165) is 17.5 Å². The van der Waals surface area contributed by atoms with Gasteiger partial charge in [-0.15, -0.1) is 0 Å². The van der Waals surface area contributed by atoms with Crippen LogP contribution in [-0.2, 0) is 16.0 Å². The monoisotopic (exact) mass is 254 g/mol. The number of hydrogen-bond acceptors (Lipinski definition) is 2. The zero-order chi connectivity index (χ0) is 12.7. The Morgan fingerprint density at radius 2 is 2.18 bits per heavy atom. The highest BCUT2D eigenvalue weighted by Crippen LogP contribution is 2.18. The third kappa shape index (κ3) is 5.33. The van der Waals surface area contributed by atoms with Crippen molar-refractivity contribution in [2.75, 3.05) is 13.2 Å². The van der Waals surface area contributed by atoms with Crippen molar-refractivity contribution in [1.82, 2.24) is 0 Å². The maximum atomic E-state index is 11.7. The second-order valence-electron chi connectivity index (χ2n) is 4.11. The van der Waals surface area contributed by atoms with Crippen LogP contribution in [-0.4, -0.2) is 19.0 Å². The Kier molecular flexibility index (Phi) is 6.23. The van der Waals surface area contributed by atoms with Crippen LogP contribution in [0.15, 0.2) is 18.2 Å². The van der Waals surface area contributed by atoms with Gasteiger partial charge in [0.05, 0.1) is 0 Å². The van der Waals surface area contributed by atoms with Gasteiger partial charge in [-0.05, 0) is 37.5 Å². The molecule has 0 atom stereocenters. The zero-order valence-corrected chi connectivity index (χ0v) is 11.2. The van der Waals surface area contributed by atoms with Crippen LogP contribution in [0.4, 0.5) is 0 Å². The van der Waals surface area contributed by atoms with E-state index in [0.29, 0.717) is 31.1 Å². The van der Waals surface area contributed by atoms with E-state index in [1.165, 1.54) is 0 Å². The van der Waals surface area contributed by atoms with Gasteiger partial charge in [-0.25, -0.2) is 0 Å². The SMILES string of the molecule is CCOCCCC(=O)Cc1ccc(C)cc1Cl. The Labute approximate surface area is 108 Å². The van der Waals surface area contributed by atoms with Crippen LogP contribution in [0.25, 0.3) is 0 Å². The molecule has 0 unspecified atom stereocenters. The van der Waals surface area contributed by atoms with Crippen LogP contribution >= 0.6 is 11.6 Å². The topological polar surface area (TPSA) is 26.3 Å². The molecule has 0 heterocycles. The van der Waals surface area contributed by atoms with Gasteiger partial charge in [0.2, 0.25) is 0 Å². The second-order valence-corrected chi connectivity index (χ2v) is 4.52. The quantitative estimate of drug-likeness (QED) is 0.696. The lowest BCUT2D eigenvalue weighted by Gasteiger charge is -2.05. The van der Waals surface area contributed by atoms with Crippen molar-refractivity contribution in [3.05, 3.63) is 34.3 Å². The first-order valence-electron chi connectivity index (χ1n) is 5.98. The average Bonchev–Trinajstić information content (AvgIpc) is 2.28. The highest BCUT2D eigenvalue weighted by molar-refractivity contribution is 6.31. The third-order valence-corrected chi connectivity index (χ3v) is 2.90. The molecule has 0 aromatic heterocycles. The van der Waals surface area contributed by atoms with Gasteiger partial charge in [0, 0.05) is 31.1 Å². The van der Waals surface area contributed by atoms with Gasteiger partial charge in [-0.3, -0.25) is 4.79 Å². The first kappa shape index (κ1) is 14.2. The first-order chi connectivity index (χ1) is 8.13. The summed E-state index contributed by atoms with van der Waals surface area (Å²) in [4.78, 5) is 11.7. The van der Waals surface area contributed by atoms with Crippen LogP contribution in [0, 0.1) is 6.92 Å². The van der Waals surface area contributed by atoms with Crippen molar-refractivity contribution in [1.29, 1.82) is 0 Å². The predicted octanol–water partition coefficient (Wildman–Crippen LogP) is 3.58. The van der Waals surface area contributed by atoms with Crippen molar-refractivity contribution in [2.24, 2.45) is 0 Å². The number of carbonyl (C=O) groups is 1. The maximum absolute atomic E-state index is 11.7. The molecule has 3 heteroatoms. The number of hydrogen-bond donors (Lipinski definition) is 0. The van der Waals surface area contributed by atoms with Crippen LogP contribution in [0.5, 0.6) is 0 Å². The molecule has 0 aliphatic carbocycles. The zero-order valence-electron chi connectivity index (χ0n) is 10.5. The molecule has 0 aliphatic rings. The van der Waals surface area contributed by atoms with Crippen molar-refractivity contribution >= 4 is 17.4 Å². The number of ketones is 1. The van der Waals surface area contributed by atoms with Crippen molar-refractivity contribution in [3.63, 3.8) is 0 Å². The van der Waals surface area contributed by atoms with E-state index in [4.69, 9.17) is 16.3 Å². The fraction of sp³-hybridized carbons (Fsp3) is 0.500. The Hall–Kier alpha value is -0.860. The summed E-state index contributed by atoms with van der Waals surface area (Å²) in [5, 5.41) is 0.683. The average molecular weight is 255 g/mol. The van der Waals surface area contributed by atoms with Crippen LogP contribution in [0.1, 0.15) is 30.9 Å². The molecule has 94 valence electrons. The molecule has 1 aromatic carbocycles. The Bertz CT molecular complexity index is 374. The minimum atomic E-state index is 0.218. The molecule has 0 radical (unpaired) electrons. The molecule has 2 nitrogen and oxygen atoms in total. The van der Waals surface area contributed by atoms with E-state index < -0.39 is 0 Å². The Balaban J connectivity index is 2.40. The molecule has 0 fully saturated rings. The minimum absolute atomic E-state index is 0.218. The van der Waals surface area contributed by atoms with Crippen LogP contribution < -0.4 is 0 Å². The van der Waals surface area contributed by atoms with Crippen LogP contribution in [0.3, 0.4) is 0 Å². The van der Waals surface area contributed by atoms with Crippen molar-refractivity contribution in [2.45, 2.75) is 33.1 Å². The number of Topliss-reactive ketones (excluding diaryl/α,β-unsaturated/α-hetero) is 1. The van der Waals surface area contributed by atoms with E-state index in [1.807, 2.05) is 32.0 Å². The Morgan fingerprint density at radius 1 is 1.41 bits per heavy atom. The molecule has 17 heavy (non-hydrogen) atoms. The van der Waals surface area contributed by atoms with Crippen LogP contribution in [0.2, 0.25) is 5.02 Å².